The highest BCUT2D eigenvalue weighted by Gasteiger charge is 2.15. The molecule has 0 spiro atoms. The zero-order valence-corrected chi connectivity index (χ0v) is 10.8. The Kier molecular flexibility index (Phi) is 4.40. The predicted octanol–water partition coefficient (Wildman–Crippen LogP) is 2.72. The largest absolute Gasteiger partial charge is 0.378 e. The summed E-state index contributed by atoms with van der Waals surface area (Å²) >= 11 is 0. The van der Waals surface area contributed by atoms with Crippen molar-refractivity contribution >= 4 is 5.69 Å². The summed E-state index contributed by atoms with van der Waals surface area (Å²) < 4.78 is 0. The Morgan fingerprint density at radius 2 is 1.82 bits per heavy atom. The Labute approximate surface area is 104 Å². The maximum absolute atomic E-state index is 5.62. The lowest BCUT2D eigenvalue weighted by Gasteiger charge is -2.14. The Morgan fingerprint density at radius 1 is 1.18 bits per heavy atom. The number of benzene rings is 1. The lowest BCUT2D eigenvalue weighted by atomic mass is 10.2. The van der Waals surface area contributed by atoms with Crippen LogP contribution in [0.1, 0.15) is 31.2 Å². The molecule has 0 aliphatic heterocycles. The molecule has 1 aromatic rings. The van der Waals surface area contributed by atoms with Gasteiger partial charge in [0.05, 0.1) is 6.10 Å². The van der Waals surface area contributed by atoms with Crippen molar-refractivity contribution in [2.45, 2.75) is 38.3 Å². The number of hydrogen-bond acceptors (Lipinski definition) is 3. The minimum Gasteiger partial charge on any atom is -0.378 e. The van der Waals surface area contributed by atoms with Gasteiger partial charge in [0.25, 0.3) is 0 Å². The Balaban J connectivity index is 1.74. The van der Waals surface area contributed by atoms with E-state index < -0.39 is 0 Å². The van der Waals surface area contributed by atoms with Crippen molar-refractivity contribution in [3.63, 3.8) is 0 Å². The van der Waals surface area contributed by atoms with Crippen molar-refractivity contribution in [3.05, 3.63) is 29.8 Å². The van der Waals surface area contributed by atoms with Gasteiger partial charge in [-0.3, -0.25) is 4.84 Å². The molecule has 0 heterocycles. The molecule has 17 heavy (non-hydrogen) atoms. The van der Waals surface area contributed by atoms with Crippen LogP contribution in [0, 0.1) is 0 Å². The number of anilines is 1. The van der Waals surface area contributed by atoms with Gasteiger partial charge >= 0.3 is 0 Å². The first-order valence-electron chi connectivity index (χ1n) is 6.40. The molecule has 0 atom stereocenters. The molecule has 3 heteroatoms. The van der Waals surface area contributed by atoms with E-state index in [0.717, 1.165) is 6.54 Å². The molecule has 1 aromatic carbocycles. The van der Waals surface area contributed by atoms with E-state index >= 15 is 0 Å². The summed E-state index contributed by atoms with van der Waals surface area (Å²) in [7, 11) is 4.10. The Bertz CT molecular complexity index is 329. The first-order valence-corrected chi connectivity index (χ1v) is 6.40. The van der Waals surface area contributed by atoms with Crippen LogP contribution in [0.25, 0.3) is 0 Å². The molecule has 0 amide bonds. The standard InChI is InChI=1S/C14H22N2O/c1-16(2)13-9-7-12(8-10-13)11-15-17-14-5-3-4-6-14/h7-10,14-15H,3-6,11H2,1-2H3. The van der Waals surface area contributed by atoms with Crippen LogP contribution in [0.2, 0.25) is 0 Å². The number of hydrogen-bond donors (Lipinski definition) is 1. The van der Waals surface area contributed by atoms with Crippen LogP contribution >= 0.6 is 0 Å². The molecular weight excluding hydrogens is 212 g/mol. The summed E-state index contributed by atoms with van der Waals surface area (Å²) in [6.07, 6.45) is 5.45. The first kappa shape index (κ1) is 12.4. The third-order valence-corrected chi connectivity index (χ3v) is 3.28. The summed E-state index contributed by atoms with van der Waals surface area (Å²) in [5, 5.41) is 0. The molecule has 1 N–H and O–H groups in total. The van der Waals surface area contributed by atoms with E-state index in [1.54, 1.807) is 0 Å². The molecule has 0 saturated heterocycles. The van der Waals surface area contributed by atoms with Crippen molar-refractivity contribution in [1.29, 1.82) is 0 Å². The van der Waals surface area contributed by atoms with Crippen LogP contribution in [-0.4, -0.2) is 20.2 Å². The van der Waals surface area contributed by atoms with Gasteiger partial charge in [0.1, 0.15) is 0 Å². The fourth-order valence-corrected chi connectivity index (χ4v) is 2.16. The van der Waals surface area contributed by atoms with Crippen molar-refractivity contribution in [3.8, 4) is 0 Å². The molecule has 0 radical (unpaired) electrons. The second-order valence-corrected chi connectivity index (χ2v) is 4.91. The highest BCUT2D eigenvalue weighted by molar-refractivity contribution is 5.45. The van der Waals surface area contributed by atoms with Crippen molar-refractivity contribution in [2.75, 3.05) is 19.0 Å². The number of nitrogens with zero attached hydrogens (tertiary/aromatic N) is 1. The Morgan fingerprint density at radius 3 is 2.41 bits per heavy atom. The average Bonchev–Trinajstić information content (AvgIpc) is 2.83. The van der Waals surface area contributed by atoms with Gasteiger partial charge in [-0.1, -0.05) is 25.0 Å². The molecule has 1 aliphatic carbocycles. The van der Waals surface area contributed by atoms with Gasteiger partial charge in [0.2, 0.25) is 0 Å². The second-order valence-electron chi connectivity index (χ2n) is 4.91. The highest BCUT2D eigenvalue weighted by Crippen LogP contribution is 2.20. The van der Waals surface area contributed by atoms with Crippen LogP contribution in [-0.2, 0) is 11.4 Å². The fourth-order valence-electron chi connectivity index (χ4n) is 2.16. The van der Waals surface area contributed by atoms with E-state index in [4.69, 9.17) is 4.84 Å². The highest BCUT2D eigenvalue weighted by atomic mass is 16.7. The minimum atomic E-state index is 0.427. The van der Waals surface area contributed by atoms with Gasteiger partial charge in [-0.15, -0.1) is 0 Å². The SMILES string of the molecule is CN(C)c1ccc(CNOC2CCCC2)cc1. The molecule has 1 fully saturated rings. The zero-order valence-electron chi connectivity index (χ0n) is 10.8. The van der Waals surface area contributed by atoms with Crippen LogP contribution in [0.15, 0.2) is 24.3 Å². The first-order chi connectivity index (χ1) is 8.25. The normalized spacial score (nSPS) is 16.4. The number of nitrogens with one attached hydrogen (secondary N) is 1. The maximum Gasteiger partial charge on any atom is 0.0790 e. The monoisotopic (exact) mass is 234 g/mol. The van der Waals surface area contributed by atoms with Crippen molar-refractivity contribution < 1.29 is 4.84 Å². The Hall–Kier alpha value is -1.06. The third-order valence-electron chi connectivity index (χ3n) is 3.28. The van der Waals surface area contributed by atoms with Crippen LogP contribution < -0.4 is 10.4 Å². The van der Waals surface area contributed by atoms with E-state index in [2.05, 4.69) is 48.7 Å². The van der Waals surface area contributed by atoms with Crippen molar-refractivity contribution in [2.24, 2.45) is 0 Å². The quantitative estimate of drug-likeness (QED) is 0.793. The predicted molar refractivity (Wildman–Crippen MR) is 70.9 cm³/mol. The number of rotatable bonds is 5. The molecule has 0 aromatic heterocycles. The van der Waals surface area contributed by atoms with Crippen LogP contribution in [0.4, 0.5) is 5.69 Å². The van der Waals surface area contributed by atoms with Gasteiger partial charge in [-0.25, -0.2) is 0 Å². The summed E-state index contributed by atoms with van der Waals surface area (Å²) in [6.45, 7) is 0.782. The number of hydroxylamine groups is 1. The topological polar surface area (TPSA) is 24.5 Å². The van der Waals surface area contributed by atoms with Gasteiger partial charge < -0.3 is 4.90 Å². The molecule has 3 nitrogen and oxygen atoms in total. The summed E-state index contributed by atoms with van der Waals surface area (Å²) in [5.74, 6) is 0. The van der Waals surface area contributed by atoms with E-state index in [1.807, 2.05) is 0 Å². The van der Waals surface area contributed by atoms with E-state index in [9.17, 15) is 0 Å². The van der Waals surface area contributed by atoms with Crippen LogP contribution in [0.3, 0.4) is 0 Å². The van der Waals surface area contributed by atoms with Gasteiger partial charge in [-0.05, 0) is 30.5 Å². The van der Waals surface area contributed by atoms with Gasteiger partial charge in [-0.2, -0.15) is 5.48 Å². The fraction of sp³-hybridized carbons (Fsp3) is 0.571. The molecule has 0 bridgehead atoms. The lowest BCUT2D eigenvalue weighted by Crippen LogP contribution is -2.21. The summed E-state index contributed by atoms with van der Waals surface area (Å²) in [6, 6.07) is 8.54. The molecule has 0 unspecified atom stereocenters. The van der Waals surface area contributed by atoms with Crippen molar-refractivity contribution in [1.82, 2.24) is 5.48 Å². The molecule has 2 rings (SSSR count). The van der Waals surface area contributed by atoms with Gasteiger partial charge in [0.15, 0.2) is 0 Å². The van der Waals surface area contributed by atoms with E-state index in [-0.39, 0.29) is 0 Å². The maximum atomic E-state index is 5.62. The average molecular weight is 234 g/mol. The lowest BCUT2D eigenvalue weighted by molar-refractivity contribution is -0.0244. The minimum absolute atomic E-state index is 0.427. The summed E-state index contributed by atoms with van der Waals surface area (Å²) in [5.41, 5.74) is 5.56. The summed E-state index contributed by atoms with van der Waals surface area (Å²) in [4.78, 5) is 7.73. The van der Waals surface area contributed by atoms with E-state index in [0.29, 0.717) is 6.10 Å². The smallest absolute Gasteiger partial charge is 0.0790 e. The molecular formula is C14H22N2O. The molecule has 1 aliphatic rings. The van der Waals surface area contributed by atoms with Crippen LogP contribution in [0.5, 0.6) is 0 Å². The van der Waals surface area contributed by atoms with E-state index in [1.165, 1.54) is 36.9 Å². The second kappa shape index (κ2) is 6.03. The molecule has 94 valence electrons. The third kappa shape index (κ3) is 3.72. The molecule has 1 saturated carbocycles. The zero-order chi connectivity index (χ0) is 12.1. The van der Waals surface area contributed by atoms with Gasteiger partial charge in [0, 0.05) is 26.3 Å².